The van der Waals surface area contributed by atoms with Crippen molar-refractivity contribution in [2.24, 2.45) is 0 Å². The number of fused-ring (bicyclic) bond motifs is 1. The van der Waals surface area contributed by atoms with Crippen LogP contribution in [0.3, 0.4) is 0 Å². The molecule has 0 radical (unpaired) electrons. The molecule has 0 aliphatic carbocycles. The van der Waals surface area contributed by atoms with E-state index in [1.54, 1.807) is 24.7 Å². The van der Waals surface area contributed by atoms with Crippen molar-refractivity contribution < 1.29 is 9.90 Å². The Hall–Kier alpha value is -2.74. The molecule has 0 saturated carbocycles. The first-order chi connectivity index (χ1) is 12.0. The predicted octanol–water partition coefficient (Wildman–Crippen LogP) is 2.36. The number of hydrogen-bond donors (Lipinski definition) is 1. The average molecular weight is 358 g/mol. The van der Waals surface area contributed by atoms with Crippen LogP contribution in [0.1, 0.15) is 24.2 Å². The Bertz CT molecular complexity index is 1080. The molecule has 0 aliphatic rings. The molecule has 2 heterocycles. The van der Waals surface area contributed by atoms with Gasteiger partial charge in [0.25, 0.3) is 5.56 Å². The number of para-hydroxylation sites is 2. The summed E-state index contributed by atoms with van der Waals surface area (Å²) in [7, 11) is 0. The van der Waals surface area contributed by atoms with Crippen LogP contribution in [-0.4, -0.2) is 29.6 Å². The molecule has 0 atom stereocenters. The van der Waals surface area contributed by atoms with Crippen molar-refractivity contribution in [1.82, 2.24) is 18.7 Å². The molecular formula is C17H18N4O3S. The largest absolute Gasteiger partial charge is 0.494 e. The first-order valence-corrected chi connectivity index (χ1v) is 8.40. The van der Waals surface area contributed by atoms with Gasteiger partial charge in [0.15, 0.2) is 10.6 Å². The highest BCUT2D eigenvalue weighted by atomic mass is 32.1. The number of carbonyl (C=O) groups excluding carboxylic acids is 1. The van der Waals surface area contributed by atoms with Gasteiger partial charge in [-0.2, -0.15) is 0 Å². The Kier molecular flexibility index (Phi) is 4.54. The highest BCUT2D eigenvalue weighted by Gasteiger charge is 2.22. The van der Waals surface area contributed by atoms with Gasteiger partial charge in [-0.15, -0.1) is 0 Å². The zero-order valence-corrected chi connectivity index (χ0v) is 14.8. The molecule has 7 nitrogen and oxygen atoms in total. The third kappa shape index (κ3) is 2.78. The van der Waals surface area contributed by atoms with Crippen LogP contribution in [0.5, 0.6) is 5.88 Å². The van der Waals surface area contributed by atoms with Crippen molar-refractivity contribution in [2.75, 3.05) is 0 Å². The van der Waals surface area contributed by atoms with Crippen molar-refractivity contribution in [2.45, 2.75) is 33.5 Å². The molecular weight excluding hydrogens is 340 g/mol. The second-order valence-electron chi connectivity index (χ2n) is 5.56. The number of imidazole rings is 1. The Morgan fingerprint density at radius 1 is 1.20 bits per heavy atom. The van der Waals surface area contributed by atoms with E-state index >= 15 is 0 Å². The molecule has 0 amide bonds. The van der Waals surface area contributed by atoms with Gasteiger partial charge in [-0.05, 0) is 38.2 Å². The summed E-state index contributed by atoms with van der Waals surface area (Å²) in [6, 6.07) is 7.40. The van der Waals surface area contributed by atoms with Crippen LogP contribution in [0.2, 0.25) is 0 Å². The van der Waals surface area contributed by atoms with Gasteiger partial charge in [0.05, 0.1) is 23.9 Å². The highest BCUT2D eigenvalue weighted by Crippen LogP contribution is 2.18. The Labute approximate surface area is 148 Å². The van der Waals surface area contributed by atoms with Gasteiger partial charge in [-0.3, -0.25) is 18.7 Å². The summed E-state index contributed by atoms with van der Waals surface area (Å²) < 4.78 is 4.57. The van der Waals surface area contributed by atoms with E-state index in [1.807, 2.05) is 24.3 Å². The third-order valence-electron chi connectivity index (χ3n) is 4.15. The zero-order chi connectivity index (χ0) is 18.1. The summed E-state index contributed by atoms with van der Waals surface area (Å²) in [6.45, 7) is 4.16. The molecule has 0 aliphatic heterocycles. The van der Waals surface area contributed by atoms with Gasteiger partial charge < -0.3 is 9.67 Å². The van der Waals surface area contributed by atoms with E-state index in [1.165, 1.54) is 9.13 Å². The summed E-state index contributed by atoms with van der Waals surface area (Å²) in [5.74, 6) is -0.860. The number of rotatable bonds is 5. The monoisotopic (exact) mass is 358 g/mol. The van der Waals surface area contributed by atoms with E-state index < -0.39 is 11.3 Å². The molecule has 0 fully saturated rings. The lowest BCUT2D eigenvalue weighted by Crippen LogP contribution is -2.31. The van der Waals surface area contributed by atoms with Crippen molar-refractivity contribution in [3.63, 3.8) is 0 Å². The third-order valence-corrected chi connectivity index (χ3v) is 4.59. The smallest absolute Gasteiger partial charge is 0.269 e. The summed E-state index contributed by atoms with van der Waals surface area (Å²) in [5, 5.41) is 10.4. The van der Waals surface area contributed by atoms with Gasteiger partial charge >= 0.3 is 0 Å². The number of aromatic nitrogens is 4. The van der Waals surface area contributed by atoms with Crippen LogP contribution in [0.4, 0.5) is 0 Å². The lowest BCUT2D eigenvalue weighted by Gasteiger charge is -2.15. The number of Topliss-reactive ketones (excluding diaryl/α,β-unsaturated/α-hetero) is 1. The molecule has 25 heavy (non-hydrogen) atoms. The van der Waals surface area contributed by atoms with Crippen LogP contribution in [0.25, 0.3) is 11.0 Å². The molecule has 0 spiro atoms. The van der Waals surface area contributed by atoms with Crippen LogP contribution >= 0.6 is 12.2 Å². The second-order valence-corrected chi connectivity index (χ2v) is 5.92. The molecule has 3 aromatic rings. The summed E-state index contributed by atoms with van der Waals surface area (Å²) in [5.41, 5.74) is 0.739. The minimum Gasteiger partial charge on any atom is -0.494 e. The molecule has 0 unspecified atom stereocenters. The fourth-order valence-electron chi connectivity index (χ4n) is 2.87. The minimum absolute atomic E-state index is 0.0898. The molecule has 8 heteroatoms. The van der Waals surface area contributed by atoms with Crippen LogP contribution < -0.4 is 5.56 Å². The molecule has 0 saturated heterocycles. The maximum atomic E-state index is 12.8. The Balaban J connectivity index is 2.11. The van der Waals surface area contributed by atoms with Crippen molar-refractivity contribution in [3.05, 3.63) is 51.3 Å². The second kappa shape index (κ2) is 6.64. The molecule has 0 bridgehead atoms. The van der Waals surface area contributed by atoms with E-state index in [2.05, 4.69) is 4.98 Å². The van der Waals surface area contributed by atoms with Gasteiger partial charge in [0.1, 0.15) is 5.56 Å². The van der Waals surface area contributed by atoms with E-state index in [4.69, 9.17) is 12.2 Å². The lowest BCUT2D eigenvalue weighted by atomic mass is 10.2. The van der Waals surface area contributed by atoms with Crippen molar-refractivity contribution in [1.29, 1.82) is 0 Å². The number of nitrogens with zero attached hydrogens (tertiary/aromatic N) is 4. The molecule has 2 aromatic heterocycles. The predicted molar refractivity (Wildman–Crippen MR) is 96.6 cm³/mol. The molecule has 1 aromatic carbocycles. The number of benzene rings is 1. The average Bonchev–Trinajstić information content (AvgIpc) is 2.99. The van der Waals surface area contributed by atoms with Crippen molar-refractivity contribution in [3.8, 4) is 5.88 Å². The molecule has 1 N–H and O–H groups in total. The van der Waals surface area contributed by atoms with Gasteiger partial charge in [-0.1, -0.05) is 12.1 Å². The maximum Gasteiger partial charge on any atom is 0.269 e. The highest BCUT2D eigenvalue weighted by molar-refractivity contribution is 7.71. The van der Waals surface area contributed by atoms with Gasteiger partial charge in [0.2, 0.25) is 5.88 Å². The topological polar surface area (TPSA) is 82.1 Å². The van der Waals surface area contributed by atoms with Crippen molar-refractivity contribution >= 4 is 29.0 Å². The van der Waals surface area contributed by atoms with Crippen LogP contribution in [0.15, 0.2) is 35.4 Å². The van der Waals surface area contributed by atoms with Crippen LogP contribution in [-0.2, 0) is 19.6 Å². The fraction of sp³-hybridized carbons (Fsp3) is 0.294. The lowest BCUT2D eigenvalue weighted by molar-refractivity contribution is 0.0966. The van der Waals surface area contributed by atoms with E-state index in [-0.39, 0.29) is 22.8 Å². The first kappa shape index (κ1) is 17.1. The first-order valence-electron chi connectivity index (χ1n) is 7.99. The summed E-state index contributed by atoms with van der Waals surface area (Å²) in [6.07, 6.45) is 1.55. The number of carbonyl (C=O) groups is 1. The van der Waals surface area contributed by atoms with E-state index in [0.717, 1.165) is 11.0 Å². The fourth-order valence-corrected chi connectivity index (χ4v) is 3.29. The van der Waals surface area contributed by atoms with Gasteiger partial charge in [0, 0.05) is 13.1 Å². The number of hydrogen-bond acceptors (Lipinski definition) is 5. The van der Waals surface area contributed by atoms with Gasteiger partial charge in [-0.25, -0.2) is 4.98 Å². The van der Waals surface area contributed by atoms with E-state index in [9.17, 15) is 14.7 Å². The van der Waals surface area contributed by atoms with E-state index in [0.29, 0.717) is 13.1 Å². The molecule has 3 rings (SSSR count). The maximum absolute atomic E-state index is 12.8. The zero-order valence-electron chi connectivity index (χ0n) is 14.0. The standard InChI is InChI=1S/C17H18N4O3S/c1-3-20-15(23)14(16(24)21(4-2)17(20)25)13(22)9-19-10-18-11-7-5-6-8-12(11)19/h5-8,10,23H,3-4,9H2,1-2H3. The normalized spacial score (nSPS) is 11.1. The van der Waals surface area contributed by atoms with Crippen LogP contribution in [0, 0.1) is 4.77 Å². The number of aromatic hydroxyl groups is 1. The molecule has 130 valence electrons. The quantitative estimate of drug-likeness (QED) is 0.559. The summed E-state index contributed by atoms with van der Waals surface area (Å²) in [4.78, 5) is 29.6. The Morgan fingerprint density at radius 3 is 2.56 bits per heavy atom. The minimum atomic E-state index is -0.566. The number of ketones is 1. The Morgan fingerprint density at radius 2 is 1.88 bits per heavy atom. The SMILES string of the molecule is CCn1c(O)c(C(=O)Cn2cnc3ccccc32)c(=O)n(CC)c1=S. The summed E-state index contributed by atoms with van der Waals surface area (Å²) >= 11 is 5.23.